The average molecular weight is 453 g/mol. The van der Waals surface area contributed by atoms with Gasteiger partial charge in [0.2, 0.25) is 0 Å². The molecule has 35 heavy (non-hydrogen) atoms. The summed E-state index contributed by atoms with van der Waals surface area (Å²) >= 11 is 0. The van der Waals surface area contributed by atoms with Crippen LogP contribution >= 0.6 is 0 Å². The first-order valence-corrected chi connectivity index (χ1v) is 12.4. The number of rotatable bonds is 0. The van der Waals surface area contributed by atoms with E-state index in [0.29, 0.717) is 0 Å². The molecular formula is C32H20O3. The van der Waals surface area contributed by atoms with Crippen molar-refractivity contribution in [3.63, 3.8) is 0 Å². The van der Waals surface area contributed by atoms with Crippen molar-refractivity contribution in [2.24, 2.45) is 11.8 Å². The highest BCUT2D eigenvalue weighted by atomic mass is 16.6. The number of benzene rings is 4. The molecule has 7 aliphatic rings. The lowest BCUT2D eigenvalue weighted by Gasteiger charge is -2.48. The Labute approximate surface area is 202 Å². The highest BCUT2D eigenvalue weighted by Crippen LogP contribution is 2.63. The Bertz CT molecular complexity index is 1500. The number of hydrogen-bond donors (Lipinski definition) is 0. The number of carbonyl (C=O) groups is 2. The number of ether oxygens (including phenoxy) is 1. The van der Waals surface area contributed by atoms with E-state index in [1.807, 2.05) is 12.1 Å². The van der Waals surface area contributed by atoms with E-state index in [4.69, 9.17) is 4.74 Å². The van der Waals surface area contributed by atoms with E-state index >= 15 is 0 Å². The zero-order valence-electron chi connectivity index (χ0n) is 18.8. The topological polar surface area (TPSA) is 43.4 Å². The minimum Gasteiger partial charge on any atom is -0.393 e. The molecule has 4 bridgehead atoms. The third-order valence-electron chi connectivity index (χ3n) is 9.33. The number of cyclic esters (lactones) is 2. The van der Waals surface area contributed by atoms with Crippen LogP contribution in [0.25, 0.3) is 0 Å². The zero-order valence-corrected chi connectivity index (χ0v) is 18.8. The Morgan fingerprint density at radius 3 is 1.14 bits per heavy atom. The summed E-state index contributed by atoms with van der Waals surface area (Å²) in [6.07, 6.45) is 0. The van der Waals surface area contributed by atoms with Crippen molar-refractivity contribution in [2.45, 2.75) is 23.7 Å². The van der Waals surface area contributed by atoms with E-state index in [0.717, 1.165) is 0 Å². The van der Waals surface area contributed by atoms with Gasteiger partial charge in [0.05, 0.1) is 11.8 Å². The van der Waals surface area contributed by atoms with Crippen LogP contribution in [0.2, 0.25) is 0 Å². The van der Waals surface area contributed by atoms with E-state index in [1.165, 1.54) is 55.6 Å². The second kappa shape index (κ2) is 5.98. The van der Waals surface area contributed by atoms with Gasteiger partial charge in [-0.2, -0.15) is 0 Å². The minimum atomic E-state index is -0.423. The smallest absolute Gasteiger partial charge is 0.318 e. The molecule has 0 aromatic heterocycles. The Morgan fingerprint density at radius 2 is 0.771 bits per heavy atom. The molecule has 4 aromatic rings. The average Bonchev–Trinajstić information content (AvgIpc) is 3.21. The third kappa shape index (κ3) is 1.98. The highest BCUT2D eigenvalue weighted by Gasteiger charge is 2.61. The van der Waals surface area contributed by atoms with Crippen molar-refractivity contribution in [2.75, 3.05) is 0 Å². The Kier molecular flexibility index (Phi) is 3.14. The summed E-state index contributed by atoms with van der Waals surface area (Å²) in [5.41, 5.74) is 13.0. The summed E-state index contributed by atoms with van der Waals surface area (Å²) in [7, 11) is 0. The van der Waals surface area contributed by atoms with Crippen LogP contribution < -0.4 is 0 Å². The summed E-state index contributed by atoms with van der Waals surface area (Å²) < 4.78 is 5.26. The maximum atomic E-state index is 12.9. The molecule has 11 rings (SSSR count). The molecule has 166 valence electrons. The van der Waals surface area contributed by atoms with Crippen LogP contribution in [0.4, 0.5) is 0 Å². The van der Waals surface area contributed by atoms with Gasteiger partial charge in [0.25, 0.3) is 0 Å². The van der Waals surface area contributed by atoms with Crippen LogP contribution in [0.1, 0.15) is 79.3 Å². The second-order valence-corrected chi connectivity index (χ2v) is 10.6. The quantitative estimate of drug-likeness (QED) is 0.223. The summed E-state index contributed by atoms with van der Waals surface area (Å²) in [5, 5.41) is 0. The lowest BCUT2D eigenvalue weighted by Crippen LogP contribution is -2.42. The van der Waals surface area contributed by atoms with Gasteiger partial charge in [-0.3, -0.25) is 9.59 Å². The molecule has 0 amide bonds. The first kappa shape index (κ1) is 18.4. The lowest BCUT2D eigenvalue weighted by molar-refractivity contribution is -0.153. The molecule has 1 aliphatic heterocycles. The predicted octanol–water partition coefficient (Wildman–Crippen LogP) is 5.58. The number of carbonyl (C=O) groups excluding carboxylic acids is 2. The molecule has 4 aromatic carbocycles. The molecule has 0 saturated carbocycles. The van der Waals surface area contributed by atoms with Gasteiger partial charge in [0.15, 0.2) is 0 Å². The largest absolute Gasteiger partial charge is 0.393 e. The molecule has 3 nitrogen and oxygen atoms in total. The minimum absolute atomic E-state index is 0.133. The van der Waals surface area contributed by atoms with Crippen LogP contribution in [-0.2, 0) is 14.3 Å². The molecule has 0 radical (unpaired) electrons. The molecular weight excluding hydrogens is 432 g/mol. The fourth-order valence-electron chi connectivity index (χ4n) is 8.19. The van der Waals surface area contributed by atoms with E-state index in [9.17, 15) is 9.59 Å². The Hall–Kier alpha value is -3.98. The molecule has 0 unspecified atom stereocenters. The fourth-order valence-corrected chi connectivity index (χ4v) is 8.19. The maximum Gasteiger partial charge on any atom is 0.318 e. The van der Waals surface area contributed by atoms with Crippen molar-refractivity contribution >= 4 is 11.9 Å². The molecule has 1 fully saturated rings. The fraction of sp³-hybridized carbons (Fsp3) is 0.188. The molecule has 6 aliphatic carbocycles. The van der Waals surface area contributed by atoms with Gasteiger partial charge in [-0.15, -0.1) is 0 Å². The predicted molar refractivity (Wildman–Crippen MR) is 129 cm³/mol. The van der Waals surface area contributed by atoms with Gasteiger partial charge in [-0.25, -0.2) is 0 Å². The maximum absolute atomic E-state index is 12.9. The van der Waals surface area contributed by atoms with Crippen LogP contribution in [-0.4, -0.2) is 11.9 Å². The van der Waals surface area contributed by atoms with E-state index in [1.54, 1.807) is 0 Å². The molecule has 3 heteroatoms. The summed E-state index contributed by atoms with van der Waals surface area (Å²) in [6, 6.07) is 30.8. The molecule has 0 N–H and O–H groups in total. The standard InChI is InChI=1S/C32H20O3/c33-31-29-27-19-11-5-6-12-20(19)28(30(29)32(34)35-31)24-14-22-21(13-23(24)27)25-15-7-1-2-8-16(15)26(22)18-10-4-3-9-17(18)25/h1-14,25-30H/t25?,26?,27-,28-,29-,30+/m0/s1. The molecule has 1 saturated heterocycles. The van der Waals surface area contributed by atoms with Gasteiger partial charge >= 0.3 is 11.9 Å². The van der Waals surface area contributed by atoms with E-state index in [2.05, 4.69) is 72.8 Å². The van der Waals surface area contributed by atoms with Gasteiger partial charge in [0.1, 0.15) is 0 Å². The highest BCUT2D eigenvalue weighted by molar-refractivity contribution is 6.00. The first-order chi connectivity index (χ1) is 17.2. The van der Waals surface area contributed by atoms with Crippen molar-refractivity contribution in [3.05, 3.63) is 141 Å². The summed E-state index contributed by atoms with van der Waals surface area (Å²) in [5.74, 6) is -1.44. The van der Waals surface area contributed by atoms with Crippen LogP contribution in [0, 0.1) is 11.8 Å². The van der Waals surface area contributed by atoms with Crippen LogP contribution in [0.5, 0.6) is 0 Å². The Balaban J connectivity index is 1.36. The van der Waals surface area contributed by atoms with E-state index in [-0.39, 0.29) is 35.6 Å². The zero-order chi connectivity index (χ0) is 23.0. The van der Waals surface area contributed by atoms with Crippen molar-refractivity contribution < 1.29 is 14.3 Å². The molecule has 0 spiro atoms. The molecule has 1 heterocycles. The Morgan fingerprint density at radius 1 is 0.429 bits per heavy atom. The van der Waals surface area contributed by atoms with Gasteiger partial charge in [-0.1, -0.05) is 84.9 Å². The van der Waals surface area contributed by atoms with Crippen molar-refractivity contribution in [3.8, 4) is 0 Å². The first-order valence-electron chi connectivity index (χ1n) is 12.4. The lowest BCUT2D eigenvalue weighted by atomic mass is 9.53. The van der Waals surface area contributed by atoms with Gasteiger partial charge in [0, 0.05) is 23.7 Å². The SMILES string of the molecule is O=C1OC(=O)[C@H]2[C@H]3c4ccccc4[C@@H](c4cc5c(cc43)C3c4ccccc4C5c4ccccc43)[C@@H]12. The number of esters is 2. The van der Waals surface area contributed by atoms with Crippen LogP contribution in [0.15, 0.2) is 84.9 Å². The number of hydrogen-bond acceptors (Lipinski definition) is 3. The second-order valence-electron chi connectivity index (χ2n) is 10.6. The van der Waals surface area contributed by atoms with Crippen LogP contribution in [0.3, 0.4) is 0 Å². The summed E-state index contributed by atoms with van der Waals surface area (Å²) in [6.45, 7) is 0. The van der Waals surface area contributed by atoms with Crippen molar-refractivity contribution in [1.29, 1.82) is 0 Å². The molecule has 4 atom stereocenters. The third-order valence-corrected chi connectivity index (χ3v) is 9.33. The van der Waals surface area contributed by atoms with Gasteiger partial charge in [-0.05, 0) is 55.6 Å². The summed E-state index contributed by atoms with van der Waals surface area (Å²) in [4.78, 5) is 25.9. The normalized spacial score (nSPS) is 29.5. The van der Waals surface area contributed by atoms with Crippen molar-refractivity contribution in [1.82, 2.24) is 0 Å². The van der Waals surface area contributed by atoms with E-state index < -0.39 is 11.8 Å². The monoisotopic (exact) mass is 452 g/mol. The van der Waals surface area contributed by atoms with Gasteiger partial charge < -0.3 is 4.74 Å².